The Balaban J connectivity index is 1.24. The second-order valence-corrected chi connectivity index (χ2v) is 9.22. The first-order chi connectivity index (χ1) is 17.3. The van der Waals surface area contributed by atoms with E-state index in [4.69, 9.17) is 4.98 Å². The average Bonchev–Trinajstić information content (AvgIpc) is 3.34. The minimum atomic E-state index is -0.757. The summed E-state index contributed by atoms with van der Waals surface area (Å²) in [7, 11) is 0. The summed E-state index contributed by atoms with van der Waals surface area (Å²) in [5, 5.41) is 25.6. The Kier molecular flexibility index (Phi) is 7.80. The number of aromatic nitrogens is 2. The van der Waals surface area contributed by atoms with E-state index in [9.17, 15) is 25.0 Å². The first-order valence-corrected chi connectivity index (χ1v) is 12.1. The van der Waals surface area contributed by atoms with Gasteiger partial charge in [-0.15, -0.1) is 0 Å². The molecule has 36 heavy (non-hydrogen) atoms. The van der Waals surface area contributed by atoms with Crippen LogP contribution in [0.5, 0.6) is 0 Å². The Morgan fingerprint density at radius 2 is 1.67 bits per heavy atom. The van der Waals surface area contributed by atoms with Crippen LogP contribution in [0.4, 0.5) is 16.5 Å². The molecule has 0 aliphatic carbocycles. The number of non-ortho nitro benzene ring substituents is 2. The predicted octanol–water partition coefficient (Wildman–Crippen LogP) is 2.81. The van der Waals surface area contributed by atoms with Gasteiger partial charge in [-0.05, 0) is 12.5 Å². The number of rotatable bonds is 9. The summed E-state index contributed by atoms with van der Waals surface area (Å²) >= 11 is 1.40. The average molecular weight is 512 g/mol. The summed E-state index contributed by atoms with van der Waals surface area (Å²) in [6, 6.07) is 11.3. The number of carbonyl (C=O) groups excluding carboxylic acids is 1. The smallest absolute Gasteiger partial charge is 0.277 e. The number of carbonyl (C=O) groups is 1. The van der Waals surface area contributed by atoms with E-state index < -0.39 is 27.1 Å². The number of aryl methyl sites for hydroxylation is 1. The van der Waals surface area contributed by atoms with Gasteiger partial charge in [-0.1, -0.05) is 29.8 Å². The van der Waals surface area contributed by atoms with Crippen molar-refractivity contribution in [1.82, 2.24) is 19.6 Å². The van der Waals surface area contributed by atoms with E-state index in [0.29, 0.717) is 19.5 Å². The number of hydrogen-bond donors (Lipinski definition) is 1. The normalized spacial score (nSPS) is 14.0. The van der Waals surface area contributed by atoms with E-state index in [1.54, 1.807) is 0 Å². The Labute approximate surface area is 211 Å². The second kappa shape index (κ2) is 11.2. The first-order valence-electron chi connectivity index (χ1n) is 11.4. The lowest BCUT2D eigenvalue weighted by atomic mass is 10.1. The number of hydrogen-bond acceptors (Lipinski definition) is 10. The van der Waals surface area contributed by atoms with Crippen LogP contribution in [-0.4, -0.2) is 69.3 Å². The molecule has 1 aliphatic rings. The SMILES string of the molecule is Cc1ccc(Cc2nsc(N3CCN(CCNC(=O)c4cc([N+](=O)[O-])cc([N+](=O)[O-])c4)CC3)n2)cc1. The summed E-state index contributed by atoms with van der Waals surface area (Å²) in [5.41, 5.74) is 1.29. The molecule has 1 fully saturated rings. The highest BCUT2D eigenvalue weighted by Gasteiger charge is 2.22. The molecule has 0 unspecified atom stereocenters. The van der Waals surface area contributed by atoms with Gasteiger partial charge in [0.15, 0.2) is 0 Å². The van der Waals surface area contributed by atoms with Crippen molar-refractivity contribution in [2.24, 2.45) is 0 Å². The molecule has 1 aromatic heterocycles. The summed E-state index contributed by atoms with van der Waals surface area (Å²) in [4.78, 5) is 42.1. The Morgan fingerprint density at radius 3 is 2.28 bits per heavy atom. The van der Waals surface area contributed by atoms with Crippen LogP contribution in [0.2, 0.25) is 0 Å². The van der Waals surface area contributed by atoms with E-state index in [2.05, 4.69) is 50.7 Å². The van der Waals surface area contributed by atoms with Gasteiger partial charge in [0.2, 0.25) is 5.13 Å². The molecular formula is C23H25N7O5S. The maximum Gasteiger partial charge on any atom is 0.277 e. The van der Waals surface area contributed by atoms with E-state index in [1.807, 2.05) is 0 Å². The van der Waals surface area contributed by atoms with E-state index in [1.165, 1.54) is 22.7 Å². The molecule has 0 bridgehead atoms. The first kappa shape index (κ1) is 25.1. The molecule has 2 aromatic carbocycles. The Morgan fingerprint density at radius 1 is 1.03 bits per heavy atom. The fourth-order valence-electron chi connectivity index (χ4n) is 3.86. The van der Waals surface area contributed by atoms with Crippen molar-refractivity contribution < 1.29 is 14.6 Å². The lowest BCUT2D eigenvalue weighted by molar-refractivity contribution is -0.394. The van der Waals surface area contributed by atoms with Gasteiger partial charge in [-0.2, -0.15) is 4.37 Å². The zero-order valence-corrected chi connectivity index (χ0v) is 20.4. The molecule has 4 rings (SSSR count). The minimum Gasteiger partial charge on any atom is -0.351 e. The summed E-state index contributed by atoms with van der Waals surface area (Å²) < 4.78 is 4.50. The van der Waals surface area contributed by atoms with Crippen LogP contribution in [0.1, 0.15) is 27.3 Å². The summed E-state index contributed by atoms with van der Waals surface area (Å²) in [6.45, 7) is 6.09. The third-order valence-corrected chi connectivity index (χ3v) is 6.70. The van der Waals surface area contributed by atoms with Crippen LogP contribution < -0.4 is 10.2 Å². The maximum absolute atomic E-state index is 12.4. The van der Waals surface area contributed by atoms with Crippen molar-refractivity contribution in [2.75, 3.05) is 44.2 Å². The molecule has 188 valence electrons. The van der Waals surface area contributed by atoms with Crippen molar-refractivity contribution in [2.45, 2.75) is 13.3 Å². The topological polar surface area (TPSA) is 148 Å². The lowest BCUT2D eigenvalue weighted by Crippen LogP contribution is -2.48. The highest BCUT2D eigenvalue weighted by atomic mass is 32.1. The van der Waals surface area contributed by atoms with Gasteiger partial charge in [0.1, 0.15) is 5.82 Å². The van der Waals surface area contributed by atoms with Crippen molar-refractivity contribution in [3.05, 3.63) is 85.2 Å². The molecule has 0 atom stereocenters. The fourth-order valence-corrected chi connectivity index (χ4v) is 4.60. The molecule has 2 heterocycles. The molecule has 1 N–H and O–H groups in total. The van der Waals surface area contributed by atoms with Crippen LogP contribution in [0.3, 0.4) is 0 Å². The van der Waals surface area contributed by atoms with Crippen LogP contribution in [0, 0.1) is 27.2 Å². The van der Waals surface area contributed by atoms with Gasteiger partial charge in [0.25, 0.3) is 17.3 Å². The van der Waals surface area contributed by atoms with E-state index in [-0.39, 0.29) is 5.56 Å². The van der Waals surface area contributed by atoms with Gasteiger partial charge in [0, 0.05) is 69.4 Å². The maximum atomic E-state index is 12.4. The number of piperazine rings is 1. The highest BCUT2D eigenvalue weighted by molar-refractivity contribution is 7.09. The molecule has 12 nitrogen and oxygen atoms in total. The number of nitro benzene ring substituents is 2. The predicted molar refractivity (Wildman–Crippen MR) is 135 cm³/mol. The molecule has 3 aromatic rings. The second-order valence-electron chi connectivity index (χ2n) is 8.49. The van der Waals surface area contributed by atoms with Crippen LogP contribution in [0.25, 0.3) is 0 Å². The molecule has 0 saturated carbocycles. The van der Waals surface area contributed by atoms with Crippen molar-refractivity contribution >= 4 is 33.9 Å². The van der Waals surface area contributed by atoms with Gasteiger partial charge in [-0.3, -0.25) is 29.9 Å². The van der Waals surface area contributed by atoms with Crippen molar-refractivity contribution in [1.29, 1.82) is 0 Å². The molecule has 0 spiro atoms. The third kappa shape index (κ3) is 6.37. The van der Waals surface area contributed by atoms with E-state index >= 15 is 0 Å². The number of nitro groups is 2. The quantitative estimate of drug-likeness (QED) is 0.338. The lowest BCUT2D eigenvalue weighted by Gasteiger charge is -2.34. The largest absolute Gasteiger partial charge is 0.351 e. The van der Waals surface area contributed by atoms with Crippen molar-refractivity contribution in [3.8, 4) is 0 Å². The molecule has 13 heteroatoms. The van der Waals surface area contributed by atoms with Crippen molar-refractivity contribution in [3.63, 3.8) is 0 Å². The standard InChI is InChI=1S/C23H25N7O5S/c1-16-2-4-17(5-3-16)12-21-25-23(36-26-21)28-10-8-27(9-11-28)7-6-24-22(31)18-13-19(29(32)33)15-20(14-18)30(34)35/h2-5,13-15H,6-12H2,1H3,(H,24,31). The summed E-state index contributed by atoms with van der Waals surface area (Å²) in [6.07, 6.45) is 0.699. The number of amides is 1. The van der Waals surface area contributed by atoms with Crippen LogP contribution >= 0.6 is 11.5 Å². The molecule has 1 aliphatic heterocycles. The highest BCUT2D eigenvalue weighted by Crippen LogP contribution is 2.23. The van der Waals surface area contributed by atoms with Gasteiger partial charge < -0.3 is 10.2 Å². The zero-order chi connectivity index (χ0) is 25.7. The van der Waals surface area contributed by atoms with Gasteiger partial charge in [-0.25, -0.2) is 4.98 Å². The zero-order valence-electron chi connectivity index (χ0n) is 19.6. The monoisotopic (exact) mass is 511 g/mol. The number of anilines is 1. The molecule has 0 radical (unpaired) electrons. The van der Waals surface area contributed by atoms with Gasteiger partial charge in [0.05, 0.1) is 21.5 Å². The molecule has 1 saturated heterocycles. The van der Waals surface area contributed by atoms with Crippen LogP contribution in [-0.2, 0) is 6.42 Å². The number of nitrogens with one attached hydrogen (secondary N) is 1. The van der Waals surface area contributed by atoms with Crippen LogP contribution in [0.15, 0.2) is 42.5 Å². The van der Waals surface area contributed by atoms with Gasteiger partial charge >= 0.3 is 0 Å². The number of benzene rings is 2. The molecule has 1 amide bonds. The molecular weight excluding hydrogens is 486 g/mol. The minimum absolute atomic E-state index is 0.113. The summed E-state index contributed by atoms with van der Waals surface area (Å²) in [5.74, 6) is 0.223. The fraction of sp³-hybridized carbons (Fsp3) is 0.348. The third-order valence-electron chi connectivity index (χ3n) is 5.88. The number of nitrogens with zero attached hydrogens (tertiary/aromatic N) is 6. The van der Waals surface area contributed by atoms with E-state index in [0.717, 1.165) is 55.3 Å². The Bertz CT molecular complexity index is 1220. The Hall–Kier alpha value is -3.97.